The Balaban J connectivity index is 1.53. The minimum absolute atomic E-state index is 0.132. The second-order valence-corrected chi connectivity index (χ2v) is 8.06. The number of nitrogens with zero attached hydrogens (tertiary/aromatic N) is 2. The van der Waals surface area contributed by atoms with Gasteiger partial charge in [0.1, 0.15) is 5.69 Å². The number of aromatic nitrogens is 2. The molecule has 0 bridgehead atoms. The Morgan fingerprint density at radius 2 is 1.81 bits per heavy atom. The average Bonchev–Trinajstić information content (AvgIpc) is 3.42. The van der Waals surface area contributed by atoms with Crippen LogP contribution in [0.25, 0.3) is 10.6 Å². The number of hydrogen-bond donors (Lipinski definition) is 2. The van der Waals surface area contributed by atoms with E-state index >= 15 is 0 Å². The van der Waals surface area contributed by atoms with Gasteiger partial charge in [0.15, 0.2) is 0 Å². The topological polar surface area (TPSA) is 76.0 Å². The molecular weight excluding hydrogens is 408 g/mol. The molecule has 2 aromatic heterocycles. The first-order valence-corrected chi connectivity index (χ1v) is 10.8. The van der Waals surface area contributed by atoms with Crippen molar-refractivity contribution in [2.45, 2.75) is 20.0 Å². The lowest BCUT2D eigenvalue weighted by molar-refractivity contribution is -0.114. The number of hydrogen-bond acceptors (Lipinski definition) is 4. The normalized spacial score (nSPS) is 10.6. The molecule has 4 rings (SSSR count). The number of benzene rings is 2. The van der Waals surface area contributed by atoms with Crippen LogP contribution < -0.4 is 10.6 Å². The molecule has 0 aliphatic heterocycles. The highest BCUT2D eigenvalue weighted by Crippen LogP contribution is 2.27. The average molecular weight is 431 g/mol. The first kappa shape index (κ1) is 20.6. The minimum atomic E-state index is -0.187. The van der Waals surface area contributed by atoms with Crippen LogP contribution >= 0.6 is 11.3 Å². The van der Waals surface area contributed by atoms with Crippen LogP contribution in [0, 0.1) is 0 Å². The van der Waals surface area contributed by atoms with Gasteiger partial charge in [-0.05, 0) is 34.7 Å². The summed E-state index contributed by atoms with van der Waals surface area (Å²) in [4.78, 5) is 25.3. The summed E-state index contributed by atoms with van der Waals surface area (Å²) in [7, 11) is 0. The van der Waals surface area contributed by atoms with Crippen molar-refractivity contribution < 1.29 is 9.59 Å². The molecule has 6 nitrogen and oxygen atoms in total. The van der Waals surface area contributed by atoms with Crippen LogP contribution in [0.1, 0.15) is 28.4 Å². The third-order valence-electron chi connectivity index (χ3n) is 4.65. The van der Waals surface area contributed by atoms with Crippen molar-refractivity contribution in [2.24, 2.45) is 0 Å². The summed E-state index contributed by atoms with van der Waals surface area (Å²) in [6.07, 6.45) is 1.80. The first-order chi connectivity index (χ1) is 15.1. The summed E-state index contributed by atoms with van der Waals surface area (Å²) in [5, 5.41) is 12.4. The van der Waals surface area contributed by atoms with E-state index in [1.165, 1.54) is 6.92 Å². The van der Waals surface area contributed by atoms with Crippen LogP contribution in [-0.2, 0) is 17.9 Å². The van der Waals surface area contributed by atoms with E-state index in [2.05, 4.69) is 15.7 Å². The molecule has 31 heavy (non-hydrogen) atoms. The predicted molar refractivity (Wildman–Crippen MR) is 123 cm³/mol. The SMILES string of the molecule is CC(=O)Nc1cccc(CNC(=O)c2cn(Cc3ccccc3)nc2-c2cccs2)c1. The van der Waals surface area contributed by atoms with E-state index in [4.69, 9.17) is 0 Å². The summed E-state index contributed by atoms with van der Waals surface area (Å²) < 4.78 is 1.80. The third-order valence-corrected chi connectivity index (χ3v) is 5.53. The van der Waals surface area contributed by atoms with E-state index in [1.54, 1.807) is 22.2 Å². The Hall–Kier alpha value is -3.71. The van der Waals surface area contributed by atoms with Gasteiger partial charge in [0.05, 0.1) is 17.0 Å². The lowest BCUT2D eigenvalue weighted by atomic mass is 10.1. The molecule has 7 heteroatoms. The molecule has 2 amide bonds. The molecule has 2 heterocycles. The van der Waals surface area contributed by atoms with E-state index in [1.807, 2.05) is 72.1 Å². The molecule has 4 aromatic rings. The lowest BCUT2D eigenvalue weighted by Crippen LogP contribution is -2.23. The maximum Gasteiger partial charge on any atom is 0.255 e. The van der Waals surface area contributed by atoms with Crippen molar-refractivity contribution in [1.82, 2.24) is 15.1 Å². The van der Waals surface area contributed by atoms with Gasteiger partial charge < -0.3 is 10.6 Å². The highest BCUT2D eigenvalue weighted by molar-refractivity contribution is 7.13. The highest BCUT2D eigenvalue weighted by atomic mass is 32.1. The number of carbonyl (C=O) groups excluding carboxylic acids is 2. The van der Waals surface area contributed by atoms with Gasteiger partial charge in [-0.15, -0.1) is 11.3 Å². The van der Waals surface area contributed by atoms with Gasteiger partial charge in [0, 0.05) is 25.4 Å². The molecule has 0 atom stereocenters. The van der Waals surface area contributed by atoms with Crippen molar-refractivity contribution in [2.75, 3.05) is 5.32 Å². The molecule has 0 spiro atoms. The molecule has 0 unspecified atom stereocenters. The summed E-state index contributed by atoms with van der Waals surface area (Å²) >= 11 is 1.55. The van der Waals surface area contributed by atoms with Crippen molar-refractivity contribution in [3.05, 3.63) is 95.0 Å². The molecular formula is C24H22N4O2S. The third kappa shape index (κ3) is 5.26. The largest absolute Gasteiger partial charge is 0.348 e. The smallest absolute Gasteiger partial charge is 0.255 e. The molecule has 0 saturated carbocycles. The van der Waals surface area contributed by atoms with E-state index in [0.29, 0.717) is 30.0 Å². The van der Waals surface area contributed by atoms with E-state index in [9.17, 15) is 9.59 Å². The minimum Gasteiger partial charge on any atom is -0.348 e. The Morgan fingerprint density at radius 1 is 1.00 bits per heavy atom. The molecule has 2 aromatic carbocycles. The molecule has 2 N–H and O–H groups in total. The van der Waals surface area contributed by atoms with Gasteiger partial charge >= 0.3 is 0 Å². The second-order valence-electron chi connectivity index (χ2n) is 7.12. The zero-order valence-corrected chi connectivity index (χ0v) is 17.9. The highest BCUT2D eigenvalue weighted by Gasteiger charge is 2.19. The molecule has 0 aliphatic carbocycles. The standard InChI is InChI=1S/C24H22N4O2S/c1-17(29)26-20-10-5-9-19(13-20)14-25-24(30)21-16-28(15-18-7-3-2-4-8-18)27-23(21)22-11-6-12-31-22/h2-13,16H,14-15H2,1H3,(H,25,30)(H,26,29). The number of amides is 2. The van der Waals surface area contributed by atoms with Crippen LogP contribution in [0.15, 0.2) is 78.3 Å². The van der Waals surface area contributed by atoms with E-state index < -0.39 is 0 Å². The van der Waals surface area contributed by atoms with Crippen LogP contribution in [0.4, 0.5) is 5.69 Å². The van der Waals surface area contributed by atoms with E-state index in [-0.39, 0.29) is 11.8 Å². The maximum atomic E-state index is 13.0. The van der Waals surface area contributed by atoms with Crippen molar-refractivity contribution >= 4 is 28.8 Å². The number of rotatable bonds is 7. The number of nitrogens with one attached hydrogen (secondary N) is 2. The van der Waals surface area contributed by atoms with Gasteiger partial charge in [0.2, 0.25) is 5.91 Å². The predicted octanol–water partition coefficient (Wildman–Crippen LogP) is 4.55. The fraction of sp³-hybridized carbons (Fsp3) is 0.125. The van der Waals surface area contributed by atoms with Gasteiger partial charge in [-0.25, -0.2) is 0 Å². The van der Waals surface area contributed by atoms with Gasteiger partial charge in [-0.1, -0.05) is 48.5 Å². The van der Waals surface area contributed by atoms with Crippen molar-refractivity contribution in [3.8, 4) is 10.6 Å². The van der Waals surface area contributed by atoms with Gasteiger partial charge in [-0.3, -0.25) is 14.3 Å². The molecule has 156 valence electrons. The van der Waals surface area contributed by atoms with Gasteiger partial charge in [-0.2, -0.15) is 5.10 Å². The summed E-state index contributed by atoms with van der Waals surface area (Å²) in [6.45, 7) is 2.40. The maximum absolute atomic E-state index is 13.0. The van der Waals surface area contributed by atoms with Crippen molar-refractivity contribution in [1.29, 1.82) is 0 Å². The fourth-order valence-corrected chi connectivity index (χ4v) is 4.00. The van der Waals surface area contributed by atoms with Crippen LogP contribution in [0.5, 0.6) is 0 Å². The monoisotopic (exact) mass is 430 g/mol. The zero-order valence-electron chi connectivity index (χ0n) is 17.0. The molecule has 0 aliphatic rings. The Morgan fingerprint density at radius 3 is 2.55 bits per heavy atom. The van der Waals surface area contributed by atoms with Crippen LogP contribution in [0.2, 0.25) is 0 Å². The summed E-state index contributed by atoms with van der Waals surface area (Å²) in [5.41, 5.74) is 3.93. The summed E-state index contributed by atoms with van der Waals surface area (Å²) in [6, 6.07) is 21.4. The Bertz CT molecular complexity index is 1180. The number of thiophene rings is 1. The van der Waals surface area contributed by atoms with Crippen LogP contribution in [-0.4, -0.2) is 21.6 Å². The Kier molecular flexibility index (Phi) is 6.24. The summed E-state index contributed by atoms with van der Waals surface area (Å²) in [5.74, 6) is -0.319. The number of carbonyl (C=O) groups is 2. The van der Waals surface area contributed by atoms with Gasteiger partial charge in [0.25, 0.3) is 5.91 Å². The Labute approximate surface area is 184 Å². The quantitative estimate of drug-likeness (QED) is 0.452. The second kappa shape index (κ2) is 9.40. The van der Waals surface area contributed by atoms with E-state index in [0.717, 1.165) is 16.0 Å². The molecule has 0 radical (unpaired) electrons. The zero-order chi connectivity index (χ0) is 21.6. The fourth-order valence-electron chi connectivity index (χ4n) is 3.27. The number of anilines is 1. The van der Waals surface area contributed by atoms with Crippen LogP contribution in [0.3, 0.4) is 0 Å². The molecule has 0 saturated heterocycles. The first-order valence-electron chi connectivity index (χ1n) is 9.88. The molecule has 0 fully saturated rings. The lowest BCUT2D eigenvalue weighted by Gasteiger charge is -2.07. The van der Waals surface area contributed by atoms with Crippen molar-refractivity contribution in [3.63, 3.8) is 0 Å².